The summed E-state index contributed by atoms with van der Waals surface area (Å²) in [5.41, 5.74) is 1.23. The third-order valence-electron chi connectivity index (χ3n) is 5.46. The van der Waals surface area contributed by atoms with E-state index >= 15 is 0 Å². The second-order valence-electron chi connectivity index (χ2n) is 7.18. The number of halogens is 2. The minimum atomic E-state index is -0.554. The molecule has 1 saturated heterocycles. The lowest BCUT2D eigenvalue weighted by Gasteiger charge is -2.25. The number of hydrogen-bond acceptors (Lipinski definition) is 5. The summed E-state index contributed by atoms with van der Waals surface area (Å²) < 4.78 is 14.4. The Hall–Kier alpha value is -0.950. The fourth-order valence-electron chi connectivity index (χ4n) is 4.60. The molecule has 0 amide bonds. The van der Waals surface area contributed by atoms with Crippen LogP contribution in [-0.2, 0) is 9.47 Å². The second-order valence-corrected chi connectivity index (χ2v) is 7.87. The highest BCUT2D eigenvalue weighted by Gasteiger charge is 2.70. The topological polar surface area (TPSA) is 62.1 Å². The molecule has 0 bridgehead atoms. The van der Waals surface area contributed by atoms with E-state index in [-0.39, 0.29) is 28.7 Å². The van der Waals surface area contributed by atoms with Crippen LogP contribution < -0.4 is 0 Å². The maximum absolute atomic E-state index is 6.19. The van der Waals surface area contributed by atoms with E-state index in [9.17, 15) is 0 Å². The molecule has 0 N–H and O–H groups in total. The average molecular weight is 355 g/mol. The molecule has 1 aliphatic heterocycles. The number of fused-ring (bicyclic) bond motifs is 4. The van der Waals surface area contributed by atoms with Crippen LogP contribution in [0.2, 0.25) is 10.4 Å². The van der Waals surface area contributed by atoms with Gasteiger partial charge in [-0.15, -0.1) is 0 Å². The highest BCUT2D eigenvalue weighted by Crippen LogP contribution is 2.66. The van der Waals surface area contributed by atoms with E-state index in [0.29, 0.717) is 28.9 Å². The molecule has 6 atom stereocenters. The Kier molecular flexibility index (Phi) is 2.73. The third kappa shape index (κ3) is 1.86. The Balaban J connectivity index is 1.64. The van der Waals surface area contributed by atoms with Gasteiger partial charge in [0.15, 0.2) is 16.6 Å². The van der Waals surface area contributed by atoms with Gasteiger partial charge in [-0.25, -0.2) is 9.97 Å². The van der Waals surface area contributed by atoms with Gasteiger partial charge in [-0.3, -0.25) is 0 Å². The van der Waals surface area contributed by atoms with Gasteiger partial charge in [0.2, 0.25) is 5.28 Å². The zero-order valence-corrected chi connectivity index (χ0v) is 14.4. The van der Waals surface area contributed by atoms with Crippen LogP contribution in [0, 0.1) is 17.8 Å². The van der Waals surface area contributed by atoms with Crippen molar-refractivity contribution in [2.45, 2.75) is 44.8 Å². The number of imidazole rings is 1. The number of rotatable bonds is 1. The van der Waals surface area contributed by atoms with Crippen LogP contribution in [0.3, 0.4) is 0 Å². The molecule has 0 unspecified atom stereocenters. The normalized spacial score (nSPS) is 40.4. The predicted octanol–water partition coefficient (Wildman–Crippen LogP) is 3.09. The van der Waals surface area contributed by atoms with Crippen molar-refractivity contribution in [3.8, 4) is 0 Å². The molecule has 3 fully saturated rings. The van der Waals surface area contributed by atoms with Crippen molar-refractivity contribution in [2.24, 2.45) is 17.8 Å². The Bertz CT molecular complexity index is 823. The molecule has 6 nitrogen and oxygen atoms in total. The van der Waals surface area contributed by atoms with E-state index in [0.717, 1.165) is 0 Å². The number of nitrogens with zero attached hydrogens (tertiary/aromatic N) is 4. The summed E-state index contributed by atoms with van der Waals surface area (Å²) in [6.45, 7) is 6.19. The summed E-state index contributed by atoms with van der Waals surface area (Å²) in [5, 5.41) is 0.403. The molecule has 2 saturated carbocycles. The summed E-state index contributed by atoms with van der Waals surface area (Å²) in [5.74, 6) is 1.08. The minimum absolute atomic E-state index is 0.00103. The summed E-state index contributed by atoms with van der Waals surface area (Å²) in [6.07, 6.45) is 1.90. The van der Waals surface area contributed by atoms with Gasteiger partial charge in [-0.05, 0) is 43.2 Å². The molecule has 23 heavy (non-hydrogen) atoms. The molecule has 3 aliphatic rings. The third-order valence-corrected chi connectivity index (χ3v) is 5.90. The zero-order chi connectivity index (χ0) is 16.1. The monoisotopic (exact) mass is 354 g/mol. The van der Waals surface area contributed by atoms with Crippen molar-refractivity contribution in [2.75, 3.05) is 0 Å². The first-order valence-electron chi connectivity index (χ1n) is 7.78. The van der Waals surface area contributed by atoms with Crippen molar-refractivity contribution in [3.05, 3.63) is 16.8 Å². The quantitative estimate of drug-likeness (QED) is 0.581. The molecule has 0 aromatic carbocycles. The molecule has 5 rings (SSSR count). The van der Waals surface area contributed by atoms with E-state index in [1.54, 1.807) is 6.33 Å². The Morgan fingerprint density at radius 1 is 1.13 bits per heavy atom. The van der Waals surface area contributed by atoms with E-state index < -0.39 is 5.79 Å². The van der Waals surface area contributed by atoms with E-state index in [4.69, 9.17) is 32.7 Å². The summed E-state index contributed by atoms with van der Waals surface area (Å²) >= 11 is 12.1. The van der Waals surface area contributed by atoms with Crippen molar-refractivity contribution in [3.63, 3.8) is 0 Å². The van der Waals surface area contributed by atoms with Gasteiger partial charge < -0.3 is 14.0 Å². The lowest BCUT2D eigenvalue weighted by atomic mass is 10.0. The van der Waals surface area contributed by atoms with Gasteiger partial charge in [0.1, 0.15) is 11.6 Å². The van der Waals surface area contributed by atoms with Gasteiger partial charge in [0, 0.05) is 0 Å². The maximum atomic E-state index is 6.19. The minimum Gasteiger partial charge on any atom is -0.344 e. The molecule has 0 spiro atoms. The standard InChI is InChI=1S/C15H16Cl2N4O2/c1-5-6-7(5)10-11(23-15(2,3)22-10)9(6)21-4-18-8-12(16)19-14(17)20-13(8)21/h4-7,9-11H,1-3H3/t5-,6+,7-,9-,10-,11+/m1/s1. The fourth-order valence-corrected chi connectivity index (χ4v) is 5.02. The van der Waals surface area contributed by atoms with Gasteiger partial charge in [0.25, 0.3) is 0 Å². The Morgan fingerprint density at radius 2 is 1.87 bits per heavy atom. The van der Waals surface area contributed by atoms with Gasteiger partial charge in [-0.1, -0.05) is 18.5 Å². The summed E-state index contributed by atoms with van der Waals surface area (Å²) in [7, 11) is 0. The van der Waals surface area contributed by atoms with Gasteiger partial charge in [-0.2, -0.15) is 4.98 Å². The van der Waals surface area contributed by atoms with Crippen LogP contribution in [0.5, 0.6) is 0 Å². The van der Waals surface area contributed by atoms with Crippen LogP contribution in [0.25, 0.3) is 11.2 Å². The summed E-state index contributed by atoms with van der Waals surface area (Å²) in [4.78, 5) is 12.7. The lowest BCUT2D eigenvalue weighted by molar-refractivity contribution is -0.156. The number of hydrogen-bond donors (Lipinski definition) is 0. The van der Waals surface area contributed by atoms with E-state index in [1.807, 2.05) is 18.4 Å². The van der Waals surface area contributed by atoms with Crippen molar-refractivity contribution >= 4 is 34.4 Å². The number of ether oxygens (including phenoxy) is 2. The van der Waals surface area contributed by atoms with Crippen LogP contribution in [0.15, 0.2) is 6.33 Å². The van der Waals surface area contributed by atoms with E-state index in [2.05, 4.69) is 21.9 Å². The van der Waals surface area contributed by atoms with Crippen LogP contribution in [0.1, 0.15) is 26.8 Å². The largest absolute Gasteiger partial charge is 0.344 e. The first-order valence-corrected chi connectivity index (χ1v) is 8.54. The molecule has 2 aromatic rings. The lowest BCUT2D eigenvalue weighted by Crippen LogP contribution is -2.31. The van der Waals surface area contributed by atoms with Crippen LogP contribution in [0.4, 0.5) is 0 Å². The molecule has 122 valence electrons. The highest BCUT2D eigenvalue weighted by molar-refractivity contribution is 6.35. The molecular weight excluding hydrogens is 339 g/mol. The highest BCUT2D eigenvalue weighted by atomic mass is 35.5. The van der Waals surface area contributed by atoms with Crippen LogP contribution >= 0.6 is 23.2 Å². The van der Waals surface area contributed by atoms with Crippen molar-refractivity contribution < 1.29 is 9.47 Å². The Labute approximate surface area is 143 Å². The number of aromatic nitrogens is 4. The molecule has 0 radical (unpaired) electrons. The first-order chi connectivity index (χ1) is 10.9. The van der Waals surface area contributed by atoms with Crippen LogP contribution in [-0.4, -0.2) is 37.5 Å². The van der Waals surface area contributed by atoms with E-state index in [1.165, 1.54) is 0 Å². The zero-order valence-electron chi connectivity index (χ0n) is 12.9. The smallest absolute Gasteiger partial charge is 0.225 e. The fraction of sp³-hybridized carbons (Fsp3) is 0.667. The Morgan fingerprint density at radius 3 is 2.65 bits per heavy atom. The first kappa shape index (κ1) is 14.4. The van der Waals surface area contributed by atoms with Crippen molar-refractivity contribution in [1.82, 2.24) is 19.5 Å². The molecule has 3 heterocycles. The molecule has 2 aromatic heterocycles. The SMILES string of the molecule is C[C@H]1[C@H]2[C@H]3OC(C)(C)O[C@H]3[C@H](n3cnc4c(Cl)nc(Cl)nc43)[C@@H]12. The molecule has 2 aliphatic carbocycles. The van der Waals surface area contributed by atoms with Crippen molar-refractivity contribution in [1.29, 1.82) is 0 Å². The predicted molar refractivity (Wildman–Crippen MR) is 84.3 cm³/mol. The molecular formula is C15H16Cl2N4O2. The van der Waals surface area contributed by atoms with Gasteiger partial charge in [0.05, 0.1) is 18.5 Å². The maximum Gasteiger partial charge on any atom is 0.225 e. The van der Waals surface area contributed by atoms with Gasteiger partial charge >= 0.3 is 0 Å². The molecule has 8 heteroatoms. The second kappa shape index (κ2) is 4.36. The average Bonchev–Trinajstić information content (AvgIpc) is 2.75. The summed E-state index contributed by atoms with van der Waals surface area (Å²) in [6, 6.07) is 0.133.